The van der Waals surface area contributed by atoms with Crippen LogP contribution in [0.25, 0.3) is 0 Å². The van der Waals surface area contributed by atoms with E-state index in [1.54, 1.807) is 0 Å². The first-order valence-electron chi connectivity index (χ1n) is 6.93. The third kappa shape index (κ3) is 3.35. The van der Waals surface area contributed by atoms with Crippen LogP contribution in [0.2, 0.25) is 0 Å². The number of benzene rings is 1. The molecular weight excluding hydrogens is 262 g/mol. The fourth-order valence-electron chi connectivity index (χ4n) is 3.22. The van der Waals surface area contributed by atoms with Gasteiger partial charge in [0.15, 0.2) is 11.6 Å². The molecule has 0 heterocycles. The van der Waals surface area contributed by atoms with Crippen LogP contribution in [-0.2, 0) is 4.74 Å². The van der Waals surface area contributed by atoms with Crippen LogP contribution in [0, 0.1) is 23.0 Å². The van der Waals surface area contributed by atoms with E-state index < -0.39 is 17.6 Å². The molecule has 0 spiro atoms. The van der Waals surface area contributed by atoms with Crippen LogP contribution >= 0.6 is 0 Å². The van der Waals surface area contributed by atoms with Gasteiger partial charge in [-0.3, -0.25) is 0 Å². The van der Waals surface area contributed by atoms with Crippen molar-refractivity contribution in [2.24, 2.45) is 11.3 Å². The summed E-state index contributed by atoms with van der Waals surface area (Å²) in [5, 5.41) is 0. The molecule has 1 aliphatic carbocycles. The number of halogens is 2. The Morgan fingerprint density at radius 3 is 2.65 bits per heavy atom. The van der Waals surface area contributed by atoms with E-state index in [2.05, 4.69) is 20.8 Å². The van der Waals surface area contributed by atoms with E-state index in [9.17, 15) is 13.6 Å². The van der Waals surface area contributed by atoms with Crippen LogP contribution in [0.4, 0.5) is 8.78 Å². The van der Waals surface area contributed by atoms with E-state index in [0.717, 1.165) is 25.3 Å². The van der Waals surface area contributed by atoms with Gasteiger partial charge in [-0.25, -0.2) is 13.6 Å². The van der Waals surface area contributed by atoms with Gasteiger partial charge in [-0.1, -0.05) is 26.8 Å². The highest BCUT2D eigenvalue weighted by Crippen LogP contribution is 2.39. The van der Waals surface area contributed by atoms with Crippen molar-refractivity contribution in [3.05, 3.63) is 35.4 Å². The molecule has 1 saturated carbocycles. The van der Waals surface area contributed by atoms with E-state index in [1.807, 2.05) is 0 Å². The van der Waals surface area contributed by atoms with Crippen molar-refractivity contribution >= 4 is 5.97 Å². The first kappa shape index (κ1) is 14.9. The quantitative estimate of drug-likeness (QED) is 0.754. The molecule has 0 amide bonds. The summed E-state index contributed by atoms with van der Waals surface area (Å²) in [6.07, 6.45) is 2.37. The molecule has 0 saturated heterocycles. The van der Waals surface area contributed by atoms with Gasteiger partial charge in [0, 0.05) is 0 Å². The standard InChI is InChI=1S/C16H20F2O2/c1-10-7-11(9-16(2,3)8-10)20-15(19)12-5-4-6-13(17)14(12)18/h4-6,10-11H,7-9H2,1-3H3. The molecule has 1 fully saturated rings. The van der Waals surface area contributed by atoms with Crippen molar-refractivity contribution < 1.29 is 18.3 Å². The average Bonchev–Trinajstić information content (AvgIpc) is 2.29. The summed E-state index contributed by atoms with van der Waals surface area (Å²) in [5.74, 6) is -2.50. The van der Waals surface area contributed by atoms with Crippen molar-refractivity contribution in [2.45, 2.75) is 46.1 Å². The molecule has 0 bridgehead atoms. The second-order valence-electron chi connectivity index (χ2n) is 6.54. The SMILES string of the molecule is CC1CC(OC(=O)c2cccc(F)c2F)CC(C)(C)C1. The van der Waals surface area contributed by atoms with Crippen LogP contribution in [0.15, 0.2) is 18.2 Å². The second kappa shape index (κ2) is 5.51. The summed E-state index contributed by atoms with van der Waals surface area (Å²) >= 11 is 0. The molecule has 110 valence electrons. The third-order valence-electron chi connectivity index (χ3n) is 3.79. The lowest BCUT2D eigenvalue weighted by Gasteiger charge is -2.38. The van der Waals surface area contributed by atoms with Crippen LogP contribution in [0.3, 0.4) is 0 Å². The van der Waals surface area contributed by atoms with E-state index in [0.29, 0.717) is 5.92 Å². The molecule has 0 N–H and O–H groups in total. The van der Waals surface area contributed by atoms with Gasteiger partial charge >= 0.3 is 5.97 Å². The van der Waals surface area contributed by atoms with Crippen molar-refractivity contribution in [2.75, 3.05) is 0 Å². The maximum Gasteiger partial charge on any atom is 0.341 e. The monoisotopic (exact) mass is 282 g/mol. The summed E-state index contributed by atoms with van der Waals surface area (Å²) in [7, 11) is 0. The molecule has 2 nitrogen and oxygen atoms in total. The Kier molecular flexibility index (Phi) is 4.11. The maximum atomic E-state index is 13.6. The van der Waals surface area contributed by atoms with Crippen LogP contribution in [-0.4, -0.2) is 12.1 Å². The number of rotatable bonds is 2. The summed E-state index contributed by atoms with van der Waals surface area (Å²) in [4.78, 5) is 12.0. The summed E-state index contributed by atoms with van der Waals surface area (Å²) < 4.78 is 32.1. The Labute approximate surface area is 118 Å². The minimum Gasteiger partial charge on any atom is -0.459 e. The molecule has 2 rings (SSSR count). The Morgan fingerprint density at radius 2 is 2.00 bits per heavy atom. The average molecular weight is 282 g/mol. The molecule has 2 atom stereocenters. The lowest BCUT2D eigenvalue weighted by atomic mass is 9.71. The van der Waals surface area contributed by atoms with Gasteiger partial charge in [0.05, 0.1) is 5.56 Å². The third-order valence-corrected chi connectivity index (χ3v) is 3.79. The Morgan fingerprint density at radius 1 is 1.30 bits per heavy atom. The van der Waals surface area contributed by atoms with Crippen LogP contribution < -0.4 is 0 Å². The lowest BCUT2D eigenvalue weighted by molar-refractivity contribution is -0.00758. The summed E-state index contributed by atoms with van der Waals surface area (Å²) in [6.45, 7) is 6.38. The Bertz CT molecular complexity index is 511. The van der Waals surface area contributed by atoms with Gasteiger partial charge in [-0.15, -0.1) is 0 Å². The van der Waals surface area contributed by atoms with E-state index >= 15 is 0 Å². The molecule has 1 aromatic carbocycles. The summed E-state index contributed by atoms with van der Waals surface area (Å²) in [5.41, 5.74) is -0.232. The minimum absolute atomic E-state index is 0.100. The van der Waals surface area contributed by atoms with Crippen LogP contribution in [0.1, 0.15) is 50.4 Å². The number of carbonyl (C=O) groups is 1. The molecule has 1 aromatic rings. The fraction of sp³-hybridized carbons (Fsp3) is 0.562. The normalized spacial score (nSPS) is 25.2. The predicted molar refractivity (Wildman–Crippen MR) is 72.4 cm³/mol. The topological polar surface area (TPSA) is 26.3 Å². The zero-order chi connectivity index (χ0) is 14.9. The lowest BCUT2D eigenvalue weighted by Crippen LogP contribution is -2.34. The van der Waals surface area contributed by atoms with E-state index in [4.69, 9.17) is 4.74 Å². The molecule has 0 radical (unpaired) electrons. The highest BCUT2D eigenvalue weighted by molar-refractivity contribution is 5.89. The van der Waals surface area contributed by atoms with Gasteiger partial charge in [0.1, 0.15) is 6.10 Å². The highest BCUT2D eigenvalue weighted by Gasteiger charge is 2.34. The van der Waals surface area contributed by atoms with Gasteiger partial charge in [-0.05, 0) is 42.7 Å². The second-order valence-corrected chi connectivity index (χ2v) is 6.54. The number of hydrogen-bond acceptors (Lipinski definition) is 2. The molecule has 4 heteroatoms. The molecule has 2 unspecified atom stereocenters. The van der Waals surface area contributed by atoms with Gasteiger partial charge in [-0.2, -0.15) is 0 Å². The first-order chi connectivity index (χ1) is 9.28. The maximum absolute atomic E-state index is 13.6. The zero-order valence-electron chi connectivity index (χ0n) is 12.1. The Hall–Kier alpha value is -1.45. The highest BCUT2D eigenvalue weighted by atomic mass is 19.2. The number of ether oxygens (including phenoxy) is 1. The fourth-order valence-corrected chi connectivity index (χ4v) is 3.22. The zero-order valence-corrected chi connectivity index (χ0v) is 12.1. The van der Waals surface area contributed by atoms with Crippen molar-refractivity contribution in [3.63, 3.8) is 0 Å². The van der Waals surface area contributed by atoms with Gasteiger partial charge < -0.3 is 4.74 Å². The number of hydrogen-bond donors (Lipinski definition) is 0. The Balaban J connectivity index is 2.10. The molecule has 20 heavy (non-hydrogen) atoms. The van der Waals surface area contributed by atoms with Crippen molar-refractivity contribution in [1.29, 1.82) is 0 Å². The first-order valence-corrected chi connectivity index (χ1v) is 6.93. The summed E-state index contributed by atoms with van der Waals surface area (Å²) in [6, 6.07) is 3.54. The van der Waals surface area contributed by atoms with E-state index in [1.165, 1.54) is 12.1 Å². The van der Waals surface area contributed by atoms with Crippen molar-refractivity contribution in [1.82, 2.24) is 0 Å². The number of carbonyl (C=O) groups excluding carboxylic acids is 1. The van der Waals surface area contributed by atoms with Gasteiger partial charge in [0.25, 0.3) is 0 Å². The largest absolute Gasteiger partial charge is 0.459 e. The van der Waals surface area contributed by atoms with Crippen molar-refractivity contribution in [3.8, 4) is 0 Å². The van der Waals surface area contributed by atoms with Crippen LogP contribution in [0.5, 0.6) is 0 Å². The number of esters is 1. The smallest absolute Gasteiger partial charge is 0.341 e. The van der Waals surface area contributed by atoms with Gasteiger partial charge in [0.2, 0.25) is 0 Å². The molecule has 1 aliphatic rings. The molecular formula is C16H20F2O2. The predicted octanol–water partition coefficient (Wildman–Crippen LogP) is 4.34. The molecule has 0 aromatic heterocycles. The minimum atomic E-state index is -1.14. The van der Waals surface area contributed by atoms with E-state index in [-0.39, 0.29) is 17.1 Å². The molecule has 0 aliphatic heterocycles.